The third-order valence-electron chi connectivity index (χ3n) is 18.5. The second-order valence-electron chi connectivity index (χ2n) is 24.7. The largest absolute Gasteiger partial charge is 1.00 e. The van der Waals surface area contributed by atoms with Gasteiger partial charge in [-0.05, 0) is 166 Å². The van der Waals surface area contributed by atoms with Gasteiger partial charge in [0.05, 0.1) is 60.8 Å². The molecule has 0 saturated carbocycles. The number of likely N-dealkylation sites (N-methyl/N-ethyl adjacent to an activating group) is 2. The molecular formula is C75H101Br2Cl6IKN8NaO8S2. The number of aromatic nitrogens is 1. The molecule has 6 aromatic rings. The Kier molecular flexibility index (Phi) is 53.8. The van der Waals surface area contributed by atoms with Crippen LogP contribution in [0.5, 0.6) is 0 Å². The molecule has 1 aromatic heterocycles. The Morgan fingerprint density at radius 2 is 1.02 bits per heavy atom. The van der Waals surface area contributed by atoms with Crippen molar-refractivity contribution in [2.75, 3.05) is 161 Å². The molecule has 6 fully saturated rings. The first kappa shape index (κ1) is 102. The summed E-state index contributed by atoms with van der Waals surface area (Å²) in [5, 5.41) is 36.6. The molecule has 6 aliphatic heterocycles. The number of thiazole rings is 1. The van der Waals surface area contributed by atoms with Crippen LogP contribution in [0.15, 0.2) is 127 Å². The van der Waals surface area contributed by atoms with Crippen molar-refractivity contribution in [2.45, 2.75) is 86.9 Å². The zero-order chi connectivity index (χ0) is 71.5. The number of thiocarbonyl (C=S) groups is 1. The number of halogens is 9. The number of hydrogen-bond donors (Lipinski definition) is 2. The summed E-state index contributed by atoms with van der Waals surface area (Å²) in [6.45, 7) is 15.8. The van der Waals surface area contributed by atoms with Crippen molar-refractivity contribution in [3.05, 3.63) is 185 Å². The molecule has 12 rings (SSSR count). The molecule has 0 atom stereocenters. The van der Waals surface area contributed by atoms with Gasteiger partial charge in [0.15, 0.2) is 16.0 Å². The van der Waals surface area contributed by atoms with Crippen LogP contribution < -0.4 is 91.6 Å². The van der Waals surface area contributed by atoms with Gasteiger partial charge in [0, 0.05) is 159 Å². The molecule has 0 amide bonds. The maximum absolute atomic E-state index is 12.2. The van der Waals surface area contributed by atoms with Crippen LogP contribution in [-0.4, -0.2) is 197 Å². The van der Waals surface area contributed by atoms with Crippen molar-refractivity contribution in [1.29, 1.82) is 10.5 Å². The van der Waals surface area contributed by atoms with E-state index in [9.17, 15) is 15.2 Å². The first-order valence-electron chi connectivity index (χ1n) is 33.2. The molecule has 29 heteroatoms. The zero-order valence-corrected chi connectivity index (χ0v) is 76.1. The van der Waals surface area contributed by atoms with Crippen LogP contribution in [0.4, 0.5) is 5.13 Å². The van der Waals surface area contributed by atoms with E-state index < -0.39 is 5.41 Å². The molecule has 0 radical (unpaired) electrons. The van der Waals surface area contributed by atoms with Gasteiger partial charge in [-0.15, -0.1) is 46.9 Å². The molecule has 0 bridgehead atoms. The number of nitriles is 2. The summed E-state index contributed by atoms with van der Waals surface area (Å²) in [5.74, 6) is 0.118. The molecule has 7 heterocycles. The summed E-state index contributed by atoms with van der Waals surface area (Å²) in [7, 11) is 4.29. The van der Waals surface area contributed by atoms with Gasteiger partial charge in [-0.3, -0.25) is 4.79 Å². The number of carbonyl (C=O) groups is 1. The maximum Gasteiger partial charge on any atom is 1.00 e. The SMILES string of the molecule is BrCCOCCBr.C.CN1CCN(C(N)=S)CC1.CN1CCN(c2nc(C3(c4ccc(Cl)cc4)CCOCC3)cs2)CC1.I.N#CC1(c2ccc(Cl)cc2)CCOCC1.N#CCc1ccc(Cl)cc1.O=C(CCl)C1(c2ccc(Cl)cc2)CCOCC1.OCC1(c2ccc(Cl)cc2)CCOCC1.[H-].[HH].[K+].[Na+].[OH-]. The number of ether oxygens (including phenoxy) is 5. The topological polar surface area (TPSA) is 213 Å². The number of Topliss-reactive ketones (excluding diaryl/α,β-unsaturated/α-hetero) is 1. The van der Waals surface area contributed by atoms with Gasteiger partial charge < -0.3 is 61.0 Å². The third kappa shape index (κ3) is 32.6. The van der Waals surface area contributed by atoms with E-state index in [-0.39, 0.29) is 155 Å². The number of aliphatic hydroxyl groups is 1. The molecule has 6 aliphatic rings. The van der Waals surface area contributed by atoms with Gasteiger partial charge in [-0.2, -0.15) is 10.5 Å². The predicted molar refractivity (Wildman–Crippen MR) is 444 cm³/mol. The summed E-state index contributed by atoms with van der Waals surface area (Å²) < 4.78 is 26.7. The van der Waals surface area contributed by atoms with E-state index >= 15 is 0 Å². The van der Waals surface area contributed by atoms with Gasteiger partial charge in [0.1, 0.15) is 0 Å². The van der Waals surface area contributed by atoms with Crippen molar-refractivity contribution in [3.8, 4) is 12.1 Å². The molecule has 0 spiro atoms. The summed E-state index contributed by atoms with van der Waals surface area (Å²) in [6, 6.07) is 42.8. The molecular weight excluding hydrogens is 1770 g/mol. The zero-order valence-electron chi connectivity index (χ0n) is 60.3. The fourth-order valence-corrected chi connectivity index (χ4v) is 14.6. The van der Waals surface area contributed by atoms with E-state index in [1.54, 1.807) is 23.5 Å². The van der Waals surface area contributed by atoms with Crippen LogP contribution in [0.25, 0.3) is 0 Å². The fraction of sp³-hybridized carbons (Fsp3) is 0.507. The molecule has 0 unspecified atom stereocenters. The van der Waals surface area contributed by atoms with E-state index in [0.29, 0.717) is 65.9 Å². The minimum atomic E-state index is -0.482. The number of rotatable bonds is 14. The standard InChI is InChI=1S/C19H24ClN3OS.C13H14Cl2O2.C12H12ClNO.C12H15ClO2.C8H6ClN.C6H13N3S.C4H8Br2O.CH4.HI.K.Na.H2O.H2.H/c1-22-8-10-23(11-9-22)18-21-17(14-25-18)19(6-12-24-13-7-19)15-2-4-16(20)5-3-15;14-9-12(16)13(5-7-17-8-6-13)10-1-3-11(15)4-2-10;2*13-11-3-1-10(2-4-11)12(9-14)5-7-15-8-6-12;9-8-3-1-7(2-4-8)5-6-10;1-8-2-4-9(5-3-8)6(7)10;5-1-3-7-4-2-6;;;;;;;/h2-5,14H,6-13H2,1H3;1-4H,5-9H2;1-4H,5-8H2;1-4,14H,5-9H2;1-4H,5H2;2-5H2,1H3,(H2,7,10);1-4H2;1H4;1H;;;1H2;1H;/q;;;;;;;;;2*+1;;;-1/p-1. The van der Waals surface area contributed by atoms with Crippen LogP contribution in [0.1, 0.15) is 95.2 Å². The maximum atomic E-state index is 12.2. The van der Waals surface area contributed by atoms with Crippen LogP contribution in [0, 0.1) is 22.7 Å². The summed E-state index contributed by atoms with van der Waals surface area (Å²) in [6.07, 6.45) is 7.09. The number of benzene rings is 5. The Hall–Kier alpha value is -0.424. The molecule has 104 heavy (non-hydrogen) atoms. The first-order chi connectivity index (χ1) is 47.8. The number of hydrogen-bond acceptors (Lipinski definition) is 16. The number of piperazine rings is 2. The minimum Gasteiger partial charge on any atom is -1.00 e. The molecule has 566 valence electrons. The first-order valence-corrected chi connectivity index (χ1v) is 39.2. The number of nitrogens with zero attached hydrogens (tertiary/aromatic N) is 7. The summed E-state index contributed by atoms with van der Waals surface area (Å²) >= 11 is 48.1. The molecule has 16 nitrogen and oxygen atoms in total. The number of nitrogens with two attached hydrogens (primary N) is 1. The molecule has 0 aliphatic carbocycles. The number of alkyl halides is 3. The van der Waals surface area contributed by atoms with Gasteiger partial charge in [-0.25, -0.2) is 4.98 Å². The Bertz CT molecular complexity index is 3410. The van der Waals surface area contributed by atoms with Gasteiger partial charge >= 0.3 is 80.9 Å². The van der Waals surface area contributed by atoms with Gasteiger partial charge in [0.25, 0.3) is 0 Å². The summed E-state index contributed by atoms with van der Waals surface area (Å²) in [5.41, 5.74) is 11.1. The molecule has 6 saturated heterocycles. The van der Waals surface area contributed by atoms with Crippen molar-refractivity contribution in [3.63, 3.8) is 0 Å². The predicted octanol–water partition coefficient (Wildman–Crippen LogP) is 11.3. The van der Waals surface area contributed by atoms with Crippen LogP contribution in [0.3, 0.4) is 0 Å². The van der Waals surface area contributed by atoms with Crippen LogP contribution in [-0.2, 0) is 56.6 Å². The van der Waals surface area contributed by atoms with Crippen LogP contribution in [0.2, 0.25) is 25.1 Å². The van der Waals surface area contributed by atoms with Crippen molar-refractivity contribution in [2.24, 2.45) is 5.73 Å². The van der Waals surface area contributed by atoms with E-state index in [0.717, 1.165) is 179 Å². The summed E-state index contributed by atoms with van der Waals surface area (Å²) in [4.78, 5) is 26.3. The van der Waals surface area contributed by atoms with E-state index in [4.69, 9.17) is 121 Å². The second-order valence-corrected chi connectivity index (χ2v) is 30.0. The van der Waals surface area contributed by atoms with Gasteiger partial charge in [0.2, 0.25) is 0 Å². The number of anilines is 1. The van der Waals surface area contributed by atoms with Crippen molar-refractivity contribution in [1.82, 2.24) is 19.7 Å². The normalized spacial score (nSPS) is 17.5. The van der Waals surface area contributed by atoms with E-state index in [2.05, 4.69) is 90.3 Å². The Morgan fingerprint density at radius 3 is 1.42 bits per heavy atom. The van der Waals surface area contributed by atoms with Crippen molar-refractivity contribution < 1.29 is 123 Å². The number of aliphatic hydroxyl groups excluding tert-OH is 1. The Balaban J connectivity index is 0. The monoisotopic (exact) mass is 1860 g/mol. The molecule has 5 aromatic carbocycles. The minimum absolute atomic E-state index is 0. The number of ketones is 1. The second kappa shape index (κ2) is 55.1. The average molecular weight is 1870 g/mol. The van der Waals surface area contributed by atoms with Gasteiger partial charge in [-0.1, -0.05) is 158 Å². The van der Waals surface area contributed by atoms with E-state index in [1.807, 2.05) is 102 Å². The van der Waals surface area contributed by atoms with E-state index in [1.165, 1.54) is 11.3 Å². The quantitative estimate of drug-likeness (QED) is 0.0341. The molecule has 4 N–H and O–H groups in total. The number of carbonyl (C=O) groups excluding carboxylic acids is 1. The third-order valence-corrected chi connectivity index (χ3v) is 21.8. The average Bonchev–Trinajstić information content (AvgIpc) is 1.22. The van der Waals surface area contributed by atoms with Crippen LogP contribution >= 0.6 is 149 Å². The smallest absolute Gasteiger partial charge is 1.00 e. The Morgan fingerprint density at radius 1 is 0.635 bits per heavy atom. The van der Waals surface area contributed by atoms with Crippen molar-refractivity contribution >= 4 is 165 Å². The fourth-order valence-electron chi connectivity index (χ4n) is 12.1. The Labute approximate surface area is 758 Å².